The Morgan fingerprint density at radius 3 is 1.96 bits per heavy atom. The lowest BCUT2D eigenvalue weighted by Gasteiger charge is -2.10. The van der Waals surface area contributed by atoms with Crippen LogP contribution in [0.1, 0.15) is 15.9 Å². The molecular formula is C16H9Cl2F3O2. The molecule has 0 spiro atoms. The van der Waals surface area contributed by atoms with Crippen LogP contribution in [0.4, 0.5) is 13.2 Å². The summed E-state index contributed by atoms with van der Waals surface area (Å²) in [5.41, 5.74) is -1.29. The Kier molecular flexibility index (Phi) is 5.34. The predicted octanol–water partition coefficient (Wildman–Crippen LogP) is 5.14. The fourth-order valence-electron chi connectivity index (χ4n) is 1.96. The van der Waals surface area contributed by atoms with Crippen LogP contribution in [0.25, 0.3) is 5.57 Å². The molecule has 0 fully saturated rings. The molecule has 120 valence electrons. The molecule has 2 rings (SSSR count). The number of carbonyl (C=O) groups excluding carboxylic acids is 1. The normalized spacial score (nSPS) is 10.3. The number of benzene rings is 2. The monoisotopic (exact) mass is 360 g/mol. The van der Waals surface area contributed by atoms with E-state index in [9.17, 15) is 18.0 Å². The Hall–Kier alpha value is -1.98. The Labute approximate surface area is 140 Å². The molecule has 0 unspecified atom stereocenters. The van der Waals surface area contributed by atoms with E-state index in [4.69, 9.17) is 27.9 Å². The number of hydrogen-bond acceptors (Lipinski definition) is 2. The first-order valence-corrected chi connectivity index (χ1v) is 6.99. The smallest absolute Gasteiger partial charge is 0.196 e. The van der Waals surface area contributed by atoms with E-state index >= 15 is 0 Å². The van der Waals surface area contributed by atoms with E-state index in [1.165, 1.54) is 31.4 Å². The second-order valence-electron chi connectivity index (χ2n) is 4.44. The van der Waals surface area contributed by atoms with Crippen LogP contribution < -0.4 is 4.74 Å². The zero-order valence-corrected chi connectivity index (χ0v) is 13.2. The Bertz CT molecular complexity index is 759. The summed E-state index contributed by atoms with van der Waals surface area (Å²) in [4.78, 5) is 12.5. The van der Waals surface area contributed by atoms with Crippen molar-refractivity contribution in [3.05, 3.63) is 69.5 Å². The van der Waals surface area contributed by atoms with Crippen molar-refractivity contribution >= 4 is 34.6 Å². The Morgan fingerprint density at radius 2 is 1.52 bits per heavy atom. The summed E-state index contributed by atoms with van der Waals surface area (Å²) >= 11 is 11.3. The minimum Gasteiger partial charge on any atom is -0.497 e. The Balaban J connectivity index is 2.56. The molecule has 0 bridgehead atoms. The molecule has 23 heavy (non-hydrogen) atoms. The van der Waals surface area contributed by atoms with Gasteiger partial charge in [0.2, 0.25) is 0 Å². The second-order valence-corrected chi connectivity index (χ2v) is 5.39. The molecule has 7 heteroatoms. The lowest BCUT2D eigenvalue weighted by molar-refractivity contribution is 0.105. The molecule has 0 aliphatic carbocycles. The van der Waals surface area contributed by atoms with Crippen LogP contribution in [-0.4, -0.2) is 12.9 Å². The van der Waals surface area contributed by atoms with Gasteiger partial charge in [-0.2, -0.15) is 0 Å². The van der Waals surface area contributed by atoms with Crippen LogP contribution >= 0.6 is 23.2 Å². The van der Waals surface area contributed by atoms with Crippen molar-refractivity contribution < 1.29 is 22.7 Å². The fourth-order valence-corrected chi connectivity index (χ4v) is 2.32. The molecule has 0 N–H and O–H groups in total. The summed E-state index contributed by atoms with van der Waals surface area (Å²) in [6.45, 7) is 0. The summed E-state index contributed by atoms with van der Waals surface area (Å²) in [6.07, 6.45) is 0. The third kappa shape index (κ3) is 3.68. The number of rotatable bonds is 4. The highest BCUT2D eigenvalue weighted by Crippen LogP contribution is 2.32. The van der Waals surface area contributed by atoms with Crippen molar-refractivity contribution in [1.29, 1.82) is 0 Å². The molecule has 2 aromatic rings. The van der Waals surface area contributed by atoms with Crippen LogP contribution in [0.3, 0.4) is 0 Å². The molecule has 0 atom stereocenters. The second kappa shape index (κ2) is 7.06. The van der Waals surface area contributed by atoms with E-state index < -0.39 is 38.9 Å². The van der Waals surface area contributed by atoms with Crippen molar-refractivity contribution in [2.24, 2.45) is 0 Å². The minimum absolute atomic E-state index is 0.0859. The lowest BCUT2D eigenvalue weighted by atomic mass is 9.97. The number of carbonyl (C=O) groups is 1. The van der Waals surface area contributed by atoms with E-state index in [1.54, 1.807) is 0 Å². The van der Waals surface area contributed by atoms with Crippen molar-refractivity contribution in [3.63, 3.8) is 0 Å². The van der Waals surface area contributed by atoms with Crippen molar-refractivity contribution in [3.8, 4) is 5.75 Å². The van der Waals surface area contributed by atoms with Crippen LogP contribution in [0, 0.1) is 17.5 Å². The molecule has 0 aliphatic heterocycles. The third-order valence-corrected chi connectivity index (χ3v) is 3.40. The van der Waals surface area contributed by atoms with Crippen molar-refractivity contribution in [1.82, 2.24) is 0 Å². The third-order valence-electron chi connectivity index (χ3n) is 3.03. The summed E-state index contributed by atoms with van der Waals surface area (Å²) in [6, 6.07) is 6.63. The maximum absolute atomic E-state index is 13.9. The molecule has 2 aromatic carbocycles. The van der Waals surface area contributed by atoms with Crippen molar-refractivity contribution in [2.75, 3.05) is 7.11 Å². The maximum Gasteiger partial charge on any atom is 0.196 e. The zero-order chi connectivity index (χ0) is 17.1. The van der Waals surface area contributed by atoms with E-state index in [1.807, 2.05) is 0 Å². The summed E-state index contributed by atoms with van der Waals surface area (Å²) in [7, 11) is 1.45. The summed E-state index contributed by atoms with van der Waals surface area (Å²) in [5.74, 6) is -4.00. The standard InChI is InChI=1S/C16H9Cl2F3O2/c1-23-10-4-2-8(3-5-10)15(22)14(16(17)18)13-11(20)6-9(19)7-12(13)21/h2-7H,1H3. The lowest BCUT2D eigenvalue weighted by Crippen LogP contribution is -2.08. The summed E-state index contributed by atoms with van der Waals surface area (Å²) < 4.78 is 45.2. The number of hydrogen-bond donors (Lipinski definition) is 0. The number of Topliss-reactive ketones (excluding diaryl/α,β-unsaturated/α-hetero) is 1. The highest BCUT2D eigenvalue weighted by molar-refractivity contribution is 6.62. The van der Waals surface area contributed by atoms with E-state index in [-0.39, 0.29) is 5.56 Å². The number of halogens is 5. The molecule has 0 saturated heterocycles. The SMILES string of the molecule is COc1ccc(C(=O)C(=C(Cl)Cl)c2c(F)cc(F)cc2F)cc1. The van der Waals surface area contributed by atoms with Crippen LogP contribution in [0.2, 0.25) is 0 Å². The van der Waals surface area contributed by atoms with Gasteiger partial charge < -0.3 is 4.74 Å². The summed E-state index contributed by atoms with van der Waals surface area (Å²) in [5, 5.41) is 0. The van der Waals surface area contributed by atoms with Gasteiger partial charge in [0.1, 0.15) is 27.7 Å². The fraction of sp³-hybridized carbons (Fsp3) is 0.0625. The first-order chi connectivity index (χ1) is 10.8. The first kappa shape index (κ1) is 17.4. The van der Waals surface area contributed by atoms with Gasteiger partial charge in [0.05, 0.1) is 18.2 Å². The van der Waals surface area contributed by atoms with Gasteiger partial charge in [-0.3, -0.25) is 4.79 Å². The van der Waals surface area contributed by atoms with Gasteiger partial charge in [0, 0.05) is 17.7 Å². The molecular weight excluding hydrogens is 352 g/mol. The number of methoxy groups -OCH3 is 1. The maximum atomic E-state index is 13.9. The van der Waals surface area contributed by atoms with E-state index in [0.29, 0.717) is 17.9 Å². The topological polar surface area (TPSA) is 26.3 Å². The van der Waals surface area contributed by atoms with Crippen LogP contribution in [0.15, 0.2) is 40.9 Å². The van der Waals surface area contributed by atoms with Gasteiger partial charge in [-0.15, -0.1) is 0 Å². The average molecular weight is 361 g/mol. The van der Waals surface area contributed by atoms with E-state index in [0.717, 1.165) is 0 Å². The Morgan fingerprint density at radius 1 is 1.00 bits per heavy atom. The highest BCUT2D eigenvalue weighted by Gasteiger charge is 2.25. The van der Waals surface area contributed by atoms with Gasteiger partial charge >= 0.3 is 0 Å². The molecule has 0 aromatic heterocycles. The largest absolute Gasteiger partial charge is 0.497 e. The van der Waals surface area contributed by atoms with Crippen LogP contribution in [0.5, 0.6) is 5.75 Å². The molecule has 0 radical (unpaired) electrons. The number of ketones is 1. The predicted molar refractivity (Wildman–Crippen MR) is 82.3 cm³/mol. The van der Waals surface area contributed by atoms with E-state index in [2.05, 4.69) is 0 Å². The number of ether oxygens (including phenoxy) is 1. The van der Waals surface area contributed by atoms with Crippen molar-refractivity contribution in [2.45, 2.75) is 0 Å². The number of allylic oxidation sites excluding steroid dienone is 1. The van der Waals surface area contributed by atoms with Gasteiger partial charge in [-0.05, 0) is 24.3 Å². The zero-order valence-electron chi connectivity index (χ0n) is 11.7. The molecule has 2 nitrogen and oxygen atoms in total. The first-order valence-electron chi connectivity index (χ1n) is 6.24. The van der Waals surface area contributed by atoms with Gasteiger partial charge in [0.15, 0.2) is 5.78 Å². The molecule has 0 aliphatic rings. The average Bonchev–Trinajstić information content (AvgIpc) is 2.49. The molecule has 0 amide bonds. The molecule has 0 saturated carbocycles. The highest BCUT2D eigenvalue weighted by atomic mass is 35.5. The van der Waals surface area contributed by atoms with Gasteiger partial charge in [-0.1, -0.05) is 23.2 Å². The van der Waals surface area contributed by atoms with Gasteiger partial charge in [0.25, 0.3) is 0 Å². The minimum atomic E-state index is -1.28. The van der Waals surface area contributed by atoms with Crippen LogP contribution in [-0.2, 0) is 0 Å². The van der Waals surface area contributed by atoms with Gasteiger partial charge in [-0.25, -0.2) is 13.2 Å². The molecule has 0 heterocycles. The quantitative estimate of drug-likeness (QED) is 0.557.